The van der Waals surface area contributed by atoms with E-state index >= 15 is 0 Å². The van der Waals surface area contributed by atoms with Gasteiger partial charge >= 0.3 is 5.97 Å². The van der Waals surface area contributed by atoms with Crippen molar-refractivity contribution in [2.45, 2.75) is 88.7 Å². The largest absolute Gasteiger partial charge is 0.459 e. The summed E-state index contributed by atoms with van der Waals surface area (Å²) in [7, 11) is 0. The topological polar surface area (TPSA) is 26.3 Å². The van der Waals surface area contributed by atoms with Gasteiger partial charge in [0, 0.05) is 11.5 Å². The van der Waals surface area contributed by atoms with Gasteiger partial charge in [-0.1, -0.05) is 32.0 Å². The van der Waals surface area contributed by atoms with Crippen LogP contribution in [0.25, 0.3) is 0 Å². The molecule has 1 aliphatic heterocycles. The molecule has 4 heteroatoms. The average Bonchev–Trinajstić information content (AvgIpc) is 3.43. The molecule has 3 unspecified atom stereocenters. The standard InChI is InChI=1S/C30H42O2S2/c1-28-15-13-22(32-27(31)20-7-5-4-6-8-20)19-21(28)9-10-23-24-11-12-26(30(3)33-17-18-34-30)29(24,2)16-14-25(23)28/h4-8,21-26H,9-19H2,1-3H3/t21-,22+,23?,24?,25?,26-,28-,29-/m0/s1. The van der Waals surface area contributed by atoms with Gasteiger partial charge in [0.25, 0.3) is 0 Å². The van der Waals surface area contributed by atoms with Gasteiger partial charge in [0.15, 0.2) is 0 Å². The van der Waals surface area contributed by atoms with Gasteiger partial charge in [-0.15, -0.1) is 23.5 Å². The Hall–Kier alpha value is -0.610. The second-order valence-electron chi connectivity index (χ2n) is 12.7. The monoisotopic (exact) mass is 498 g/mol. The zero-order chi connectivity index (χ0) is 23.6. The predicted octanol–water partition coefficient (Wildman–Crippen LogP) is 8.07. The number of rotatable bonds is 3. The maximum Gasteiger partial charge on any atom is 0.338 e. The molecule has 5 fully saturated rings. The van der Waals surface area contributed by atoms with Crippen LogP contribution in [0.1, 0.15) is 88.9 Å². The van der Waals surface area contributed by atoms with Gasteiger partial charge in [-0.2, -0.15) is 0 Å². The van der Waals surface area contributed by atoms with Gasteiger partial charge in [-0.05, 0) is 117 Å². The highest BCUT2D eigenvalue weighted by atomic mass is 32.2. The van der Waals surface area contributed by atoms with Crippen molar-refractivity contribution in [2.75, 3.05) is 11.5 Å². The molecule has 1 aromatic rings. The zero-order valence-electron chi connectivity index (χ0n) is 21.3. The highest BCUT2D eigenvalue weighted by Gasteiger charge is 2.63. The van der Waals surface area contributed by atoms with Crippen LogP contribution < -0.4 is 0 Å². The first-order chi connectivity index (χ1) is 16.3. The Bertz CT molecular complexity index is 912. The third-order valence-corrected chi connectivity index (χ3v) is 14.9. The lowest BCUT2D eigenvalue weighted by atomic mass is 9.44. The van der Waals surface area contributed by atoms with Crippen molar-refractivity contribution >= 4 is 29.5 Å². The maximum absolute atomic E-state index is 12.7. The Morgan fingerprint density at radius 1 is 0.853 bits per heavy atom. The number of fused-ring (bicyclic) bond motifs is 5. The molecule has 2 nitrogen and oxygen atoms in total. The number of carbonyl (C=O) groups is 1. The average molecular weight is 499 g/mol. The van der Waals surface area contributed by atoms with Gasteiger partial charge in [-0.3, -0.25) is 0 Å². The molecule has 4 aliphatic carbocycles. The number of hydrogen-bond donors (Lipinski definition) is 0. The Labute approximate surface area is 215 Å². The summed E-state index contributed by atoms with van der Waals surface area (Å²) < 4.78 is 6.49. The van der Waals surface area contributed by atoms with E-state index in [-0.39, 0.29) is 12.1 Å². The summed E-state index contributed by atoms with van der Waals surface area (Å²) >= 11 is 4.54. The molecule has 1 aromatic carbocycles. The highest BCUT2D eigenvalue weighted by Crippen LogP contribution is 2.71. The predicted molar refractivity (Wildman–Crippen MR) is 144 cm³/mol. The summed E-state index contributed by atoms with van der Waals surface area (Å²) in [5.41, 5.74) is 1.68. The van der Waals surface area contributed by atoms with Gasteiger partial charge in [0.05, 0.1) is 9.64 Å². The van der Waals surface area contributed by atoms with E-state index in [0.29, 0.717) is 20.5 Å². The molecule has 5 aliphatic rings. The Balaban J connectivity index is 1.15. The Morgan fingerprint density at radius 3 is 2.32 bits per heavy atom. The van der Waals surface area contributed by atoms with E-state index in [4.69, 9.17) is 4.74 Å². The molecule has 8 atom stereocenters. The van der Waals surface area contributed by atoms with Crippen molar-refractivity contribution in [3.05, 3.63) is 35.9 Å². The van der Waals surface area contributed by atoms with Crippen molar-refractivity contribution in [3.63, 3.8) is 0 Å². The van der Waals surface area contributed by atoms with Crippen LogP contribution in [0.15, 0.2) is 30.3 Å². The summed E-state index contributed by atoms with van der Waals surface area (Å²) in [4.78, 5) is 12.7. The molecule has 0 aromatic heterocycles. The zero-order valence-corrected chi connectivity index (χ0v) is 22.9. The molecular weight excluding hydrogens is 456 g/mol. The van der Waals surface area contributed by atoms with Gasteiger partial charge < -0.3 is 4.74 Å². The summed E-state index contributed by atoms with van der Waals surface area (Å²) in [5.74, 6) is 6.91. The van der Waals surface area contributed by atoms with Crippen LogP contribution >= 0.6 is 23.5 Å². The molecule has 0 radical (unpaired) electrons. The lowest BCUT2D eigenvalue weighted by Gasteiger charge is -2.61. The van der Waals surface area contributed by atoms with Crippen LogP contribution in [0.4, 0.5) is 0 Å². The molecule has 1 saturated heterocycles. The summed E-state index contributed by atoms with van der Waals surface area (Å²) in [6.07, 6.45) is 12.0. The number of carbonyl (C=O) groups excluding carboxylic acids is 1. The lowest BCUT2D eigenvalue weighted by molar-refractivity contribution is -0.128. The van der Waals surface area contributed by atoms with E-state index in [9.17, 15) is 4.79 Å². The fourth-order valence-corrected chi connectivity index (χ4v) is 13.2. The van der Waals surface area contributed by atoms with E-state index in [1.54, 1.807) is 0 Å². The molecule has 0 amide bonds. The van der Waals surface area contributed by atoms with Crippen molar-refractivity contribution in [1.82, 2.24) is 0 Å². The minimum Gasteiger partial charge on any atom is -0.459 e. The molecule has 0 N–H and O–H groups in total. The van der Waals surface area contributed by atoms with Crippen molar-refractivity contribution in [1.29, 1.82) is 0 Å². The van der Waals surface area contributed by atoms with Crippen LogP contribution in [0.3, 0.4) is 0 Å². The smallest absolute Gasteiger partial charge is 0.338 e. The van der Waals surface area contributed by atoms with Crippen LogP contribution in [0.2, 0.25) is 0 Å². The minimum atomic E-state index is -0.135. The van der Waals surface area contributed by atoms with E-state index in [1.807, 2.05) is 30.3 Å². The number of esters is 1. The van der Waals surface area contributed by atoms with Gasteiger partial charge in [0.1, 0.15) is 6.10 Å². The van der Waals surface area contributed by atoms with Crippen LogP contribution in [0, 0.1) is 40.4 Å². The first-order valence-electron chi connectivity index (χ1n) is 13.9. The van der Waals surface area contributed by atoms with E-state index < -0.39 is 0 Å². The number of ether oxygens (including phenoxy) is 1. The summed E-state index contributed by atoms with van der Waals surface area (Å²) in [6.45, 7) is 7.91. The normalized spacial score (nSPS) is 45.1. The fraction of sp³-hybridized carbons (Fsp3) is 0.767. The maximum atomic E-state index is 12.7. The summed E-state index contributed by atoms with van der Waals surface area (Å²) in [5, 5.41) is 0. The second kappa shape index (κ2) is 8.75. The van der Waals surface area contributed by atoms with Crippen molar-refractivity contribution in [2.24, 2.45) is 40.4 Å². The summed E-state index contributed by atoms with van der Waals surface area (Å²) in [6, 6.07) is 9.54. The fourth-order valence-electron chi connectivity index (χ4n) is 9.71. The number of benzene rings is 1. The van der Waals surface area contributed by atoms with Crippen LogP contribution in [-0.2, 0) is 4.74 Å². The van der Waals surface area contributed by atoms with Gasteiger partial charge in [-0.25, -0.2) is 4.79 Å². The van der Waals surface area contributed by atoms with Crippen molar-refractivity contribution < 1.29 is 9.53 Å². The van der Waals surface area contributed by atoms with Gasteiger partial charge in [0.2, 0.25) is 0 Å². The van der Waals surface area contributed by atoms with Crippen LogP contribution in [0.5, 0.6) is 0 Å². The Kier molecular flexibility index (Phi) is 6.12. The molecule has 1 heterocycles. The lowest BCUT2D eigenvalue weighted by Crippen LogP contribution is -2.55. The SMILES string of the molecule is CC1([C@H]2CCC3C4CC[C@H]5C[C@H](OC(=O)c6ccccc6)CC[C@]5(C)C4CC[C@@]32C)SCCS1. The molecule has 4 saturated carbocycles. The highest BCUT2D eigenvalue weighted by molar-refractivity contribution is 8.21. The molecule has 6 rings (SSSR count). The number of thioether (sulfide) groups is 2. The Morgan fingerprint density at radius 2 is 1.56 bits per heavy atom. The van der Waals surface area contributed by atoms with E-state index in [0.717, 1.165) is 42.4 Å². The van der Waals surface area contributed by atoms with E-state index in [1.165, 1.54) is 56.5 Å². The molecule has 0 spiro atoms. The first kappa shape index (κ1) is 23.8. The quantitative estimate of drug-likeness (QED) is 0.394. The van der Waals surface area contributed by atoms with Crippen molar-refractivity contribution in [3.8, 4) is 0 Å². The third kappa shape index (κ3) is 3.71. The molecular formula is C30H42O2S2. The van der Waals surface area contributed by atoms with Crippen LogP contribution in [-0.4, -0.2) is 27.7 Å². The number of hydrogen-bond acceptors (Lipinski definition) is 4. The molecule has 186 valence electrons. The third-order valence-electron chi connectivity index (χ3n) is 11.4. The minimum absolute atomic E-state index is 0.100. The van der Waals surface area contributed by atoms with E-state index in [2.05, 4.69) is 44.3 Å². The first-order valence-corrected chi connectivity index (χ1v) is 15.8. The second-order valence-corrected chi connectivity index (χ2v) is 16.1. The molecule has 0 bridgehead atoms. The molecule has 34 heavy (non-hydrogen) atoms.